The predicted molar refractivity (Wildman–Crippen MR) is 58.0 cm³/mol. The average Bonchev–Trinajstić information content (AvgIpc) is 2.79. The van der Waals surface area contributed by atoms with Crippen molar-refractivity contribution in [3.8, 4) is 0 Å². The average molecular weight is 243 g/mol. The topological polar surface area (TPSA) is 97.3 Å². The highest BCUT2D eigenvalue weighted by atomic mass is 16.4. The molecule has 1 aliphatic heterocycles. The number of piperidine rings is 1. The van der Waals surface area contributed by atoms with Gasteiger partial charge >= 0.3 is 0 Å². The van der Waals surface area contributed by atoms with Crippen molar-refractivity contribution in [2.45, 2.75) is 30.9 Å². The van der Waals surface area contributed by atoms with Crippen LogP contribution >= 0.6 is 0 Å². The lowest BCUT2D eigenvalue weighted by Crippen LogP contribution is -2.62. The maximum atomic E-state index is 9.76. The standard InChI is InChI=1S/C11H17NO5/c13-6-8-10(15)11(16)9(14)5-12(8)4-7-2-1-3-17-7/h1-3,8-11,13-16H,4-6H2/t8-,9+,10-,11-/m1/s1. The number of furan rings is 1. The van der Waals surface area contributed by atoms with Crippen LogP contribution in [0.2, 0.25) is 0 Å². The highest BCUT2D eigenvalue weighted by Crippen LogP contribution is 2.21. The van der Waals surface area contributed by atoms with Gasteiger partial charge < -0.3 is 24.8 Å². The molecule has 96 valence electrons. The third-order valence-corrected chi connectivity index (χ3v) is 3.16. The molecule has 0 aliphatic carbocycles. The van der Waals surface area contributed by atoms with Crippen LogP contribution in [0, 0.1) is 0 Å². The summed E-state index contributed by atoms with van der Waals surface area (Å²) in [5.74, 6) is 0.680. The van der Waals surface area contributed by atoms with Crippen LogP contribution in [0.5, 0.6) is 0 Å². The molecule has 17 heavy (non-hydrogen) atoms. The van der Waals surface area contributed by atoms with Crippen molar-refractivity contribution in [3.63, 3.8) is 0 Å². The van der Waals surface area contributed by atoms with E-state index >= 15 is 0 Å². The van der Waals surface area contributed by atoms with Crippen LogP contribution < -0.4 is 0 Å². The minimum Gasteiger partial charge on any atom is -0.468 e. The van der Waals surface area contributed by atoms with Gasteiger partial charge in [-0.25, -0.2) is 0 Å². The Labute approximate surface area is 98.7 Å². The van der Waals surface area contributed by atoms with Crippen molar-refractivity contribution in [1.29, 1.82) is 0 Å². The first kappa shape index (κ1) is 12.5. The highest BCUT2D eigenvalue weighted by Gasteiger charge is 2.41. The van der Waals surface area contributed by atoms with Gasteiger partial charge in [-0.2, -0.15) is 0 Å². The lowest BCUT2D eigenvalue weighted by atomic mass is 9.94. The minimum absolute atomic E-state index is 0.185. The van der Waals surface area contributed by atoms with Crippen molar-refractivity contribution in [1.82, 2.24) is 4.90 Å². The van der Waals surface area contributed by atoms with Crippen LogP contribution in [0.25, 0.3) is 0 Å². The smallest absolute Gasteiger partial charge is 0.117 e. The van der Waals surface area contributed by atoms with E-state index in [2.05, 4.69) is 0 Å². The Morgan fingerprint density at radius 3 is 2.65 bits per heavy atom. The SMILES string of the molecule is OC[C@@H]1[C@@H](O)[C@H](O)[C@@H](O)CN1Cc1ccco1. The number of aliphatic hydroxyl groups is 4. The summed E-state index contributed by atoms with van der Waals surface area (Å²) in [6.07, 6.45) is -1.88. The molecule has 1 saturated heterocycles. The molecule has 1 aromatic heterocycles. The first-order valence-corrected chi connectivity index (χ1v) is 5.55. The number of β-amino-alcohol motifs (C(OH)–C–C–N with tert-alkyl or cyclic N) is 1. The number of hydrogen-bond acceptors (Lipinski definition) is 6. The van der Waals surface area contributed by atoms with Gasteiger partial charge in [-0.15, -0.1) is 0 Å². The van der Waals surface area contributed by atoms with Gasteiger partial charge in [0.25, 0.3) is 0 Å². The van der Waals surface area contributed by atoms with Gasteiger partial charge in [0.1, 0.15) is 18.0 Å². The Kier molecular flexibility index (Phi) is 3.80. The summed E-state index contributed by atoms with van der Waals surface area (Å²) in [5.41, 5.74) is 0. The molecule has 0 saturated carbocycles. The first-order valence-electron chi connectivity index (χ1n) is 5.55. The van der Waals surface area contributed by atoms with Crippen LogP contribution in [0.3, 0.4) is 0 Å². The number of likely N-dealkylation sites (tertiary alicyclic amines) is 1. The molecule has 1 aliphatic rings. The second kappa shape index (κ2) is 5.16. The molecular weight excluding hydrogens is 226 g/mol. The van der Waals surface area contributed by atoms with Gasteiger partial charge in [-0.05, 0) is 12.1 Å². The number of aliphatic hydroxyl groups excluding tert-OH is 4. The maximum Gasteiger partial charge on any atom is 0.117 e. The fourth-order valence-electron chi connectivity index (χ4n) is 2.16. The fourth-order valence-corrected chi connectivity index (χ4v) is 2.16. The van der Waals surface area contributed by atoms with Crippen LogP contribution in [-0.2, 0) is 6.54 Å². The van der Waals surface area contributed by atoms with Crippen LogP contribution in [0.1, 0.15) is 5.76 Å². The van der Waals surface area contributed by atoms with E-state index < -0.39 is 24.4 Å². The number of rotatable bonds is 3. The summed E-state index contributed by atoms with van der Waals surface area (Å²) in [7, 11) is 0. The molecule has 6 nitrogen and oxygen atoms in total. The lowest BCUT2D eigenvalue weighted by Gasteiger charge is -2.42. The van der Waals surface area contributed by atoms with E-state index in [1.54, 1.807) is 17.0 Å². The van der Waals surface area contributed by atoms with Gasteiger partial charge in [-0.1, -0.05) is 0 Å². The van der Waals surface area contributed by atoms with Crippen LogP contribution in [0.15, 0.2) is 22.8 Å². The largest absolute Gasteiger partial charge is 0.468 e. The number of hydrogen-bond donors (Lipinski definition) is 4. The molecule has 2 heterocycles. The molecule has 4 atom stereocenters. The summed E-state index contributed by atoms with van der Waals surface area (Å²) >= 11 is 0. The molecule has 1 aromatic rings. The van der Waals surface area contributed by atoms with Crippen molar-refractivity contribution >= 4 is 0 Å². The summed E-state index contributed by atoms with van der Waals surface area (Å²) < 4.78 is 5.18. The van der Waals surface area contributed by atoms with Gasteiger partial charge in [0.15, 0.2) is 0 Å². The van der Waals surface area contributed by atoms with E-state index in [0.717, 1.165) is 0 Å². The molecule has 1 fully saturated rings. The van der Waals surface area contributed by atoms with E-state index in [1.807, 2.05) is 0 Å². The van der Waals surface area contributed by atoms with E-state index in [-0.39, 0.29) is 13.2 Å². The van der Waals surface area contributed by atoms with Crippen LogP contribution in [-0.4, -0.2) is 62.8 Å². The third-order valence-electron chi connectivity index (χ3n) is 3.16. The molecule has 0 spiro atoms. The molecule has 0 unspecified atom stereocenters. The van der Waals surface area contributed by atoms with Crippen molar-refractivity contribution in [2.24, 2.45) is 0 Å². The van der Waals surface area contributed by atoms with Crippen molar-refractivity contribution in [3.05, 3.63) is 24.2 Å². The summed E-state index contributed by atoms with van der Waals surface area (Å²) in [4.78, 5) is 1.70. The molecule has 0 bridgehead atoms. The quantitative estimate of drug-likeness (QED) is 0.518. The molecule has 4 N–H and O–H groups in total. The zero-order valence-corrected chi connectivity index (χ0v) is 9.31. The van der Waals surface area contributed by atoms with Gasteiger partial charge in [-0.3, -0.25) is 4.90 Å². The molecule has 2 rings (SSSR count). The lowest BCUT2D eigenvalue weighted by molar-refractivity contribution is -0.148. The molecule has 0 radical (unpaired) electrons. The third kappa shape index (κ3) is 2.51. The fraction of sp³-hybridized carbons (Fsp3) is 0.636. The molecule has 6 heteroatoms. The second-order valence-electron chi connectivity index (χ2n) is 4.31. The molecule has 0 aromatic carbocycles. The van der Waals surface area contributed by atoms with Gasteiger partial charge in [0.05, 0.1) is 31.6 Å². The zero-order chi connectivity index (χ0) is 12.4. The molecular formula is C11H17NO5. The Morgan fingerprint density at radius 1 is 1.29 bits per heavy atom. The zero-order valence-electron chi connectivity index (χ0n) is 9.31. The summed E-state index contributed by atoms with van der Waals surface area (Å²) in [6.45, 7) is 0.273. The Hall–Kier alpha value is -0.920. The summed E-state index contributed by atoms with van der Waals surface area (Å²) in [6, 6.07) is 2.92. The minimum atomic E-state index is -1.22. The van der Waals surface area contributed by atoms with E-state index in [1.165, 1.54) is 6.26 Å². The van der Waals surface area contributed by atoms with Gasteiger partial charge in [0.2, 0.25) is 0 Å². The van der Waals surface area contributed by atoms with Gasteiger partial charge in [0, 0.05) is 6.54 Å². The number of nitrogens with zero attached hydrogens (tertiary/aromatic N) is 1. The Balaban J connectivity index is 2.09. The highest BCUT2D eigenvalue weighted by molar-refractivity contribution is 5.01. The van der Waals surface area contributed by atoms with Crippen molar-refractivity contribution < 1.29 is 24.8 Å². The van der Waals surface area contributed by atoms with Crippen LogP contribution in [0.4, 0.5) is 0 Å². The Bertz CT molecular complexity index is 342. The maximum absolute atomic E-state index is 9.76. The monoisotopic (exact) mass is 243 g/mol. The predicted octanol–water partition coefficient (Wildman–Crippen LogP) is -1.46. The first-order chi connectivity index (χ1) is 8.13. The van der Waals surface area contributed by atoms with E-state index in [9.17, 15) is 20.4 Å². The van der Waals surface area contributed by atoms with Crippen molar-refractivity contribution in [2.75, 3.05) is 13.2 Å². The van der Waals surface area contributed by atoms with E-state index in [0.29, 0.717) is 12.3 Å². The summed E-state index contributed by atoms with van der Waals surface area (Å²) in [5, 5.41) is 38.1. The van der Waals surface area contributed by atoms with E-state index in [4.69, 9.17) is 4.42 Å². The molecule has 0 amide bonds. The Morgan fingerprint density at radius 2 is 2.06 bits per heavy atom. The normalized spacial score (nSPS) is 35.1. The second-order valence-corrected chi connectivity index (χ2v) is 4.31.